The van der Waals surface area contributed by atoms with Gasteiger partial charge in [0.15, 0.2) is 17.5 Å². The number of hydrogen-bond donors (Lipinski definition) is 5. The number of nitrogens with one attached hydrogen (secondary N) is 2. The third kappa shape index (κ3) is 19.5. The van der Waals surface area contributed by atoms with Crippen molar-refractivity contribution in [2.45, 2.75) is 138 Å². The predicted molar refractivity (Wildman–Crippen MR) is 433 cm³/mol. The molecule has 1 aliphatic heterocycles. The summed E-state index contributed by atoms with van der Waals surface area (Å²) in [5.41, 5.74) is 23.5. The molecule has 0 aliphatic carbocycles. The normalized spacial score (nSPS) is 13.4. The highest BCUT2D eigenvalue weighted by atomic mass is 35.5. The Morgan fingerprint density at radius 2 is 0.925 bits per heavy atom. The number of halogens is 7. The number of imidazole rings is 3. The lowest BCUT2D eigenvalue weighted by atomic mass is 9.95. The average Bonchev–Trinajstić information content (AvgIpc) is 1.74. The number of nitrogens with two attached hydrogens (primary N) is 3. The number of carbonyl (C=O) groups excluding carboxylic acids is 3. The van der Waals surface area contributed by atoms with Gasteiger partial charge in [0.25, 0.3) is 17.7 Å². The minimum Gasteiger partial charge on any atom is -0.490 e. The van der Waals surface area contributed by atoms with Gasteiger partial charge in [0.05, 0.1) is 63.1 Å². The Balaban J connectivity index is 0.000000283. The zero-order chi connectivity index (χ0) is 75.3. The molecule has 0 unspecified atom stereocenters. The molecule has 34 heteroatoms. The molecule has 3 amide bonds. The van der Waals surface area contributed by atoms with Crippen molar-refractivity contribution in [1.29, 1.82) is 0 Å². The summed E-state index contributed by atoms with van der Waals surface area (Å²) < 4.78 is 88.2. The number of hydrogen-bond acceptors (Lipinski definition) is 17. The molecule has 1 fully saturated rings. The number of methoxy groups -OCH3 is 1. The van der Waals surface area contributed by atoms with E-state index in [4.69, 9.17) is 75.9 Å². The smallest absolute Gasteiger partial charge is 0.262 e. The van der Waals surface area contributed by atoms with E-state index in [0.29, 0.717) is 117 Å². The molecule has 4 atom stereocenters. The van der Waals surface area contributed by atoms with E-state index in [0.717, 1.165) is 12.8 Å². The van der Waals surface area contributed by atoms with Gasteiger partial charge in [0, 0.05) is 104 Å². The quantitative estimate of drug-likeness (QED) is 0.0418. The van der Waals surface area contributed by atoms with Gasteiger partial charge in [0.1, 0.15) is 91.2 Å². The van der Waals surface area contributed by atoms with Crippen LogP contribution in [0, 0.1) is 44.0 Å². The molecule has 0 radical (unpaired) electrons. The summed E-state index contributed by atoms with van der Waals surface area (Å²) >= 11 is 18.9. The number of likely N-dealkylation sites (N-methyl/N-ethyl adjacent to an activating group) is 1. The Hall–Kier alpha value is -8.14. The molecule has 107 heavy (non-hydrogen) atoms. The van der Waals surface area contributed by atoms with Crippen LogP contribution in [0.4, 0.5) is 40.7 Å². The second-order valence-corrected chi connectivity index (χ2v) is 27.3. The number of nitrogens with zero attached hydrogens (tertiary/aromatic N) is 11. The number of fused-ring (bicyclic) bond motifs is 3. The zero-order valence-electron chi connectivity index (χ0n) is 61.9. The summed E-state index contributed by atoms with van der Waals surface area (Å²) in [5.74, 6) is -2.76. The average molecular weight is 1620 g/mol. The fourth-order valence-electron chi connectivity index (χ4n) is 12.5. The predicted octanol–water partition coefficient (Wildman–Crippen LogP) is 14.4. The highest BCUT2D eigenvalue weighted by Gasteiger charge is 2.38. The third-order valence-corrected chi connectivity index (χ3v) is 18.0. The number of likely N-dealkylation sites (tertiary alicyclic amines) is 1. The van der Waals surface area contributed by atoms with E-state index < -0.39 is 58.7 Å². The van der Waals surface area contributed by atoms with E-state index in [2.05, 4.69) is 35.6 Å². The van der Waals surface area contributed by atoms with Gasteiger partial charge in [-0.05, 0) is 132 Å². The molecule has 23 nitrogen and oxygen atoms in total. The summed E-state index contributed by atoms with van der Waals surface area (Å²) in [5, 5.41) is 4.79. The molecule has 1 aliphatic rings. The van der Waals surface area contributed by atoms with Crippen molar-refractivity contribution in [3.63, 3.8) is 0 Å². The van der Waals surface area contributed by atoms with Crippen LogP contribution in [0.25, 0.3) is 16.6 Å². The fraction of sp³-hybridized carbons (Fsp3) is 0.384. The lowest BCUT2D eigenvalue weighted by Crippen LogP contribution is -2.39. The van der Waals surface area contributed by atoms with Crippen LogP contribution in [0.1, 0.15) is 175 Å². The van der Waals surface area contributed by atoms with Crippen LogP contribution >= 0.6 is 88.8 Å². The number of nitrogen functional groups attached to an aromatic ring is 3. The lowest BCUT2D eigenvalue weighted by molar-refractivity contribution is 0.0619. The minimum absolute atomic E-state index is 0. The van der Waals surface area contributed by atoms with Crippen LogP contribution in [0.15, 0.2) is 79.6 Å². The highest BCUT2D eigenvalue weighted by molar-refractivity contribution is 7.59. The number of aromatic nitrogens is 9. The van der Waals surface area contributed by atoms with E-state index in [-0.39, 0.29) is 127 Å². The van der Waals surface area contributed by atoms with Gasteiger partial charge < -0.3 is 56.6 Å². The lowest BCUT2D eigenvalue weighted by Gasteiger charge is -2.27. The maximum atomic E-state index is 15.5. The Morgan fingerprint density at radius 1 is 0.570 bits per heavy atom. The van der Waals surface area contributed by atoms with E-state index in [9.17, 15) is 18.8 Å². The maximum Gasteiger partial charge on any atom is 0.262 e. The second-order valence-electron chi connectivity index (χ2n) is 26.1. The van der Waals surface area contributed by atoms with Gasteiger partial charge >= 0.3 is 0 Å². The van der Waals surface area contributed by atoms with Crippen LogP contribution in [-0.2, 0) is 4.74 Å². The first kappa shape index (κ1) is 89.5. The van der Waals surface area contributed by atoms with E-state index in [1.807, 2.05) is 97.0 Å². The fourth-order valence-corrected chi connectivity index (χ4v) is 13.1. The third-order valence-electron chi connectivity index (χ3n) is 17.2. The molecule has 11 rings (SSSR count). The van der Waals surface area contributed by atoms with Crippen molar-refractivity contribution in [2.24, 2.45) is 0 Å². The molecule has 10 aromatic rings. The van der Waals surface area contributed by atoms with Crippen molar-refractivity contribution >= 4 is 146 Å². The molecule has 0 spiro atoms. The van der Waals surface area contributed by atoms with Gasteiger partial charge in [-0.25, -0.2) is 47.5 Å². The summed E-state index contributed by atoms with van der Waals surface area (Å²) in [4.78, 5) is 70.0. The summed E-state index contributed by atoms with van der Waals surface area (Å²) in [6.45, 7) is 23.9. The Kier molecular flexibility index (Phi) is 32.0. The van der Waals surface area contributed by atoms with Crippen molar-refractivity contribution in [3.8, 4) is 17.2 Å². The number of carbonyl (C=O) groups is 3. The first-order valence-corrected chi connectivity index (χ1v) is 34.5. The summed E-state index contributed by atoms with van der Waals surface area (Å²) in [7, 11) is 5.36. The molecular formula is C73H93Cl3F4N16O7S4. The number of ether oxygens (including phenoxy) is 4. The van der Waals surface area contributed by atoms with Crippen molar-refractivity contribution in [1.82, 2.24) is 58.2 Å². The van der Waals surface area contributed by atoms with Crippen LogP contribution in [0.5, 0.6) is 17.2 Å². The molecule has 7 heterocycles. The van der Waals surface area contributed by atoms with E-state index in [1.54, 1.807) is 67.4 Å². The van der Waals surface area contributed by atoms with Gasteiger partial charge in [-0.3, -0.25) is 27.6 Å². The van der Waals surface area contributed by atoms with Crippen molar-refractivity contribution in [2.75, 3.05) is 70.0 Å². The van der Waals surface area contributed by atoms with E-state index >= 15 is 13.2 Å². The first-order valence-electron chi connectivity index (χ1n) is 33.4. The number of benzene rings is 4. The molecule has 0 bridgehead atoms. The molecule has 8 N–H and O–H groups in total. The first-order chi connectivity index (χ1) is 48.8. The molecule has 580 valence electrons. The van der Waals surface area contributed by atoms with Crippen molar-refractivity contribution < 1.29 is 50.9 Å². The molecule has 0 saturated carbocycles. The monoisotopic (exact) mass is 1610 g/mol. The summed E-state index contributed by atoms with van der Waals surface area (Å²) in [6.07, 6.45) is 10.6. The molecule has 1 saturated heterocycles. The molecular weight excluding hydrogens is 1520 g/mol. The highest BCUT2D eigenvalue weighted by Crippen LogP contribution is 2.44. The molecule has 6 aromatic heterocycles. The Labute approximate surface area is 662 Å². The van der Waals surface area contributed by atoms with E-state index in [1.165, 1.54) is 42.5 Å². The van der Waals surface area contributed by atoms with Crippen molar-refractivity contribution in [3.05, 3.63) is 186 Å². The number of rotatable bonds is 21. The van der Waals surface area contributed by atoms with Crippen LogP contribution in [-0.4, -0.2) is 142 Å². The zero-order valence-corrected chi connectivity index (χ0v) is 68.2. The Morgan fingerprint density at radius 3 is 1.28 bits per heavy atom. The molecule has 4 aromatic carbocycles. The van der Waals surface area contributed by atoms with Gasteiger partial charge in [0.2, 0.25) is 0 Å². The number of aryl methyl sites for hydroxylation is 3. The Bertz CT molecular complexity index is 4820. The second kappa shape index (κ2) is 38.3. The van der Waals surface area contributed by atoms with Crippen LogP contribution < -0.4 is 42.0 Å². The standard InChI is InChI=1S/C25H24ClF2N5O2.C25H31ClFN5O3.C23H30ClFN6O2.4H2S/c1-12(2)35-22-17(13(3)24-31-14(4)21-23(29)30-9-10-33(21)24)11-18(26)20(28)19(22)25(34)32-16-7-5-15(27)6-8-16;1-13(2)35-22-17(14(3)24-30-15(4)21-23(28)29-8-10-32(21)24)11-18(26)20(27)19(22)25(33)31-9-6-7-16(31)12-34-5;1-12(2)33-20-15(11-16(24)18(25)17(20)23(32)28-7-9-30(5)6)13(3)22-29-14(4)19-21(26)27-8-10-31(19)22;;;;/h5-13H,1-4H3,(H2,29,30)(H,32,34);8,10-11,13-14,16H,6-7,9,12H2,1-5H3,(H2,28,29);8,10-13H,7,9H2,1-6H3,(H2,26,27)(H,28,32);4*1H2/t13-;14-,16-;13-;;;;/m000..../s1. The van der Waals surface area contributed by atoms with Crippen LogP contribution in [0.2, 0.25) is 15.1 Å². The summed E-state index contributed by atoms with van der Waals surface area (Å²) in [6, 6.07) is 9.46. The van der Waals surface area contributed by atoms with Gasteiger partial charge in [-0.1, -0.05) is 55.6 Å². The number of amides is 3. The van der Waals surface area contributed by atoms with Crippen LogP contribution in [0.3, 0.4) is 0 Å². The van der Waals surface area contributed by atoms with Gasteiger partial charge in [-0.2, -0.15) is 54.0 Å². The maximum absolute atomic E-state index is 15.5. The van der Waals surface area contributed by atoms with Gasteiger partial charge in [-0.15, -0.1) is 0 Å². The number of anilines is 4. The largest absolute Gasteiger partial charge is 0.490 e. The topological polar surface area (TPSA) is 287 Å². The minimum atomic E-state index is -0.921. The SMILES string of the molecule is COC[C@@H]1CCCN1C(=O)c1c(F)c(Cl)cc([C@H](C)c2nc(C)c3c(N)nccn23)c1OC(C)C.Cc1nc([C@@H](C)c2cc(Cl)c(F)c(C(=O)NCCN(C)C)c2OC(C)C)n2ccnc(N)c12.Cc1nc([C@@H](C)c2cc(Cl)c(F)c(C(=O)Nc3ccc(F)cc3)c2OC(C)C)n2ccnc(N)c12.S.S.S.S.